The van der Waals surface area contributed by atoms with Crippen molar-refractivity contribution in [3.63, 3.8) is 0 Å². The molecular formula is C18H25Cl2N7O. The summed E-state index contributed by atoms with van der Waals surface area (Å²) in [6.45, 7) is 4.81. The molecule has 1 saturated heterocycles. The smallest absolute Gasteiger partial charge is 0.182 e. The third kappa shape index (κ3) is 4.20. The Morgan fingerprint density at radius 1 is 1.25 bits per heavy atom. The number of aromatic nitrogens is 5. The van der Waals surface area contributed by atoms with Gasteiger partial charge in [-0.3, -0.25) is 9.67 Å². The fraction of sp³-hybridized carbons (Fsp3) is 0.444. The van der Waals surface area contributed by atoms with E-state index in [1.807, 2.05) is 32.2 Å². The van der Waals surface area contributed by atoms with Crippen molar-refractivity contribution < 1.29 is 4.74 Å². The molecule has 10 heteroatoms. The first-order valence-corrected chi connectivity index (χ1v) is 8.86. The van der Waals surface area contributed by atoms with E-state index in [-0.39, 0.29) is 30.9 Å². The maximum Gasteiger partial charge on any atom is 0.182 e. The Labute approximate surface area is 176 Å². The van der Waals surface area contributed by atoms with Crippen molar-refractivity contribution in [2.75, 3.05) is 31.1 Å². The van der Waals surface area contributed by atoms with Crippen LogP contribution in [-0.2, 0) is 11.8 Å². The Morgan fingerprint density at radius 3 is 2.79 bits per heavy atom. The van der Waals surface area contributed by atoms with Crippen molar-refractivity contribution in [2.24, 2.45) is 12.8 Å². The van der Waals surface area contributed by atoms with Crippen LogP contribution in [0, 0.1) is 6.92 Å². The molecule has 0 spiro atoms. The first kappa shape index (κ1) is 22.3. The topological polar surface area (TPSA) is 95.0 Å². The summed E-state index contributed by atoms with van der Waals surface area (Å²) in [6.07, 6.45) is 2.71. The third-order valence-electron chi connectivity index (χ3n) is 4.66. The van der Waals surface area contributed by atoms with Gasteiger partial charge in [-0.25, -0.2) is 9.97 Å². The maximum absolute atomic E-state index is 5.83. The highest BCUT2D eigenvalue weighted by atomic mass is 35.5. The van der Waals surface area contributed by atoms with E-state index in [1.54, 1.807) is 10.9 Å². The minimum Gasteiger partial charge on any atom is -0.374 e. The van der Waals surface area contributed by atoms with Gasteiger partial charge < -0.3 is 15.4 Å². The maximum atomic E-state index is 5.83. The number of rotatable bonds is 4. The molecule has 0 radical (unpaired) electrons. The molecule has 0 aromatic carbocycles. The standard InChI is InChI=1S/C18H23N7O.2ClH/c1-12-15-17(24(2)23-12)21-16(14-5-3-4-8-20-14)22-18(15)25-9-10-26-13(11-25)6-7-19;;/h3-5,8,13H,6-7,9-11,19H2,1-2H3;2*1H. The lowest BCUT2D eigenvalue weighted by molar-refractivity contribution is 0.0367. The molecule has 4 heterocycles. The van der Waals surface area contributed by atoms with Crippen molar-refractivity contribution in [3.8, 4) is 11.5 Å². The van der Waals surface area contributed by atoms with Gasteiger partial charge in [0.15, 0.2) is 11.5 Å². The van der Waals surface area contributed by atoms with Gasteiger partial charge in [-0.05, 0) is 32.0 Å². The summed E-state index contributed by atoms with van der Waals surface area (Å²) in [7, 11) is 1.91. The summed E-state index contributed by atoms with van der Waals surface area (Å²) in [5.41, 5.74) is 8.20. The van der Waals surface area contributed by atoms with Crippen LogP contribution in [0.3, 0.4) is 0 Å². The molecule has 1 unspecified atom stereocenters. The molecule has 1 fully saturated rings. The number of ether oxygens (including phenoxy) is 1. The quantitative estimate of drug-likeness (QED) is 0.683. The van der Waals surface area contributed by atoms with E-state index in [0.29, 0.717) is 19.0 Å². The number of fused-ring (bicyclic) bond motifs is 1. The van der Waals surface area contributed by atoms with Gasteiger partial charge in [0, 0.05) is 26.3 Å². The van der Waals surface area contributed by atoms with Crippen LogP contribution in [0.1, 0.15) is 12.1 Å². The van der Waals surface area contributed by atoms with Gasteiger partial charge in [0.05, 0.1) is 23.8 Å². The van der Waals surface area contributed by atoms with Gasteiger partial charge in [0.1, 0.15) is 11.5 Å². The van der Waals surface area contributed by atoms with Gasteiger partial charge in [0.2, 0.25) is 0 Å². The van der Waals surface area contributed by atoms with E-state index in [0.717, 1.165) is 47.7 Å². The second kappa shape index (κ2) is 9.47. The van der Waals surface area contributed by atoms with E-state index in [1.165, 1.54) is 0 Å². The molecule has 1 aliphatic rings. The number of pyridine rings is 1. The largest absolute Gasteiger partial charge is 0.374 e. The van der Waals surface area contributed by atoms with Gasteiger partial charge in [0.25, 0.3) is 0 Å². The van der Waals surface area contributed by atoms with Crippen LogP contribution in [0.25, 0.3) is 22.6 Å². The van der Waals surface area contributed by atoms with Crippen molar-refractivity contribution >= 4 is 41.7 Å². The van der Waals surface area contributed by atoms with Gasteiger partial charge in [-0.15, -0.1) is 24.8 Å². The van der Waals surface area contributed by atoms with Crippen molar-refractivity contribution in [3.05, 3.63) is 30.1 Å². The second-order valence-corrected chi connectivity index (χ2v) is 6.51. The van der Waals surface area contributed by atoms with E-state index >= 15 is 0 Å². The molecule has 0 aliphatic carbocycles. The zero-order chi connectivity index (χ0) is 18.1. The van der Waals surface area contributed by atoms with Crippen LogP contribution < -0.4 is 10.6 Å². The van der Waals surface area contributed by atoms with Crippen LogP contribution in [0.4, 0.5) is 5.82 Å². The molecule has 1 atom stereocenters. The lowest BCUT2D eigenvalue weighted by Gasteiger charge is -2.34. The van der Waals surface area contributed by atoms with Gasteiger partial charge in [-0.1, -0.05) is 6.07 Å². The first-order chi connectivity index (χ1) is 12.7. The average molecular weight is 426 g/mol. The molecule has 4 rings (SSSR count). The Morgan fingerprint density at radius 2 is 2.07 bits per heavy atom. The Bertz CT molecular complexity index is 917. The summed E-state index contributed by atoms with van der Waals surface area (Å²) in [6, 6.07) is 5.75. The van der Waals surface area contributed by atoms with Crippen LogP contribution in [0.15, 0.2) is 24.4 Å². The van der Waals surface area contributed by atoms with Crippen molar-refractivity contribution in [2.45, 2.75) is 19.4 Å². The third-order valence-corrected chi connectivity index (χ3v) is 4.66. The lowest BCUT2D eigenvalue weighted by atomic mass is 10.2. The molecule has 0 saturated carbocycles. The van der Waals surface area contributed by atoms with Crippen LogP contribution in [0.2, 0.25) is 0 Å². The minimum atomic E-state index is 0. The highest BCUT2D eigenvalue weighted by molar-refractivity contribution is 5.91. The first-order valence-electron chi connectivity index (χ1n) is 8.86. The summed E-state index contributed by atoms with van der Waals surface area (Å²) in [4.78, 5) is 16.3. The molecule has 28 heavy (non-hydrogen) atoms. The summed E-state index contributed by atoms with van der Waals surface area (Å²) in [5.74, 6) is 1.50. The number of morpholine rings is 1. The summed E-state index contributed by atoms with van der Waals surface area (Å²) < 4.78 is 7.64. The lowest BCUT2D eigenvalue weighted by Crippen LogP contribution is -2.43. The monoisotopic (exact) mass is 425 g/mol. The molecule has 3 aromatic rings. The Kier molecular flexibility index (Phi) is 7.54. The van der Waals surface area contributed by atoms with Crippen LogP contribution in [0.5, 0.6) is 0 Å². The summed E-state index contributed by atoms with van der Waals surface area (Å²) in [5, 5.41) is 5.54. The zero-order valence-electron chi connectivity index (χ0n) is 15.9. The molecule has 2 N–H and O–H groups in total. The number of hydrogen-bond donors (Lipinski definition) is 1. The number of aryl methyl sites for hydroxylation is 2. The highest BCUT2D eigenvalue weighted by Crippen LogP contribution is 2.30. The molecule has 8 nitrogen and oxygen atoms in total. The van der Waals surface area contributed by atoms with E-state index in [9.17, 15) is 0 Å². The average Bonchev–Trinajstić information content (AvgIpc) is 2.96. The molecule has 0 bridgehead atoms. The predicted molar refractivity (Wildman–Crippen MR) is 114 cm³/mol. The SMILES string of the molecule is Cc1nn(C)c2nc(-c3ccccn3)nc(N3CCOC(CCN)C3)c12.Cl.Cl. The number of hydrogen-bond acceptors (Lipinski definition) is 7. The molecule has 1 aliphatic heterocycles. The normalized spacial score (nSPS) is 16.5. The van der Waals surface area contributed by atoms with Crippen molar-refractivity contribution in [1.82, 2.24) is 24.7 Å². The van der Waals surface area contributed by atoms with Gasteiger partial charge in [-0.2, -0.15) is 5.10 Å². The highest BCUT2D eigenvalue weighted by Gasteiger charge is 2.26. The van der Waals surface area contributed by atoms with Crippen LogP contribution >= 0.6 is 24.8 Å². The molecule has 152 valence electrons. The molecule has 0 amide bonds. The second-order valence-electron chi connectivity index (χ2n) is 6.51. The molecular weight excluding hydrogens is 401 g/mol. The van der Waals surface area contributed by atoms with Crippen LogP contribution in [-0.4, -0.2) is 57.1 Å². The Hall–Kier alpha value is -2.00. The fourth-order valence-electron chi connectivity index (χ4n) is 3.43. The number of anilines is 1. The Balaban J connectivity index is 0.00000140. The summed E-state index contributed by atoms with van der Waals surface area (Å²) >= 11 is 0. The number of nitrogens with zero attached hydrogens (tertiary/aromatic N) is 6. The minimum absolute atomic E-state index is 0. The van der Waals surface area contributed by atoms with E-state index in [4.69, 9.17) is 20.4 Å². The van der Waals surface area contributed by atoms with Crippen molar-refractivity contribution in [1.29, 1.82) is 0 Å². The number of nitrogens with two attached hydrogens (primary N) is 1. The predicted octanol–water partition coefficient (Wildman–Crippen LogP) is 2.13. The fourth-order valence-corrected chi connectivity index (χ4v) is 3.43. The number of halogens is 2. The zero-order valence-corrected chi connectivity index (χ0v) is 17.5. The van der Waals surface area contributed by atoms with Gasteiger partial charge >= 0.3 is 0 Å². The van der Waals surface area contributed by atoms with E-state index in [2.05, 4.69) is 15.0 Å². The molecule has 3 aromatic heterocycles. The van der Waals surface area contributed by atoms with E-state index < -0.39 is 0 Å².